The Bertz CT molecular complexity index is 468. The summed E-state index contributed by atoms with van der Waals surface area (Å²) in [5, 5.41) is -0.682. The van der Waals surface area contributed by atoms with Crippen LogP contribution in [-0.2, 0) is 9.84 Å². The van der Waals surface area contributed by atoms with Crippen LogP contribution in [0.4, 0.5) is 0 Å². The molecule has 15 heavy (non-hydrogen) atoms. The lowest BCUT2D eigenvalue weighted by molar-refractivity contribution is 0.108. The van der Waals surface area contributed by atoms with E-state index in [4.69, 9.17) is 23.2 Å². The summed E-state index contributed by atoms with van der Waals surface area (Å²) in [5.41, 5.74) is 0.160. The highest BCUT2D eigenvalue weighted by molar-refractivity contribution is 7.91. The molecule has 0 bridgehead atoms. The summed E-state index contributed by atoms with van der Waals surface area (Å²) in [4.78, 5) is 10.9. The van der Waals surface area contributed by atoms with Gasteiger partial charge in [-0.25, -0.2) is 8.42 Å². The van der Waals surface area contributed by atoms with Crippen LogP contribution in [0.3, 0.4) is 0 Å². The van der Waals surface area contributed by atoms with Gasteiger partial charge in [-0.2, -0.15) is 0 Å². The van der Waals surface area contributed by atoms with Crippen LogP contribution >= 0.6 is 23.2 Å². The van der Waals surface area contributed by atoms with Crippen LogP contribution in [0.1, 0.15) is 10.4 Å². The molecular weight excluding hydrogens is 259 g/mol. The monoisotopic (exact) mass is 266 g/mol. The second-order valence-corrected chi connectivity index (χ2v) is 5.64. The molecule has 6 heteroatoms. The minimum absolute atomic E-state index is 0.0153. The maximum atomic E-state index is 11.6. The number of hydrogen-bond donors (Lipinski definition) is 0. The summed E-state index contributed by atoms with van der Waals surface area (Å²) < 4.78 is 23.1. The van der Waals surface area contributed by atoms with Crippen molar-refractivity contribution >= 4 is 38.3 Å². The van der Waals surface area contributed by atoms with Gasteiger partial charge >= 0.3 is 0 Å². The molecular formula is C9H8Cl2O3S. The molecule has 0 N–H and O–H groups in total. The van der Waals surface area contributed by atoms with E-state index in [0.29, 0.717) is 0 Å². The minimum Gasteiger partial charge on any atom is -0.276 e. The maximum Gasteiger partial charge on any atom is 0.252 e. The van der Waals surface area contributed by atoms with E-state index >= 15 is 0 Å². The molecule has 0 aromatic heterocycles. The highest BCUT2D eigenvalue weighted by Crippen LogP contribution is 2.14. The number of benzene rings is 1. The van der Waals surface area contributed by atoms with Crippen molar-refractivity contribution in [3.05, 3.63) is 29.8 Å². The fraction of sp³-hybridized carbons (Fsp3) is 0.222. The summed E-state index contributed by atoms with van der Waals surface area (Å²) in [6.07, 6.45) is 0. The van der Waals surface area contributed by atoms with Crippen LogP contribution in [0.2, 0.25) is 0 Å². The Morgan fingerprint density at radius 1 is 1.33 bits per heavy atom. The fourth-order valence-corrected chi connectivity index (χ4v) is 2.79. The molecule has 0 aliphatic carbocycles. The normalized spacial score (nSPS) is 11.3. The van der Waals surface area contributed by atoms with Crippen molar-refractivity contribution < 1.29 is 13.2 Å². The molecule has 0 amide bonds. The molecule has 3 nitrogen and oxygen atoms in total. The zero-order valence-corrected chi connectivity index (χ0v) is 9.94. The molecule has 0 radical (unpaired) electrons. The SMILES string of the molecule is O=C(Cl)c1cccc(S(=O)(=O)CCCl)c1. The molecule has 0 aliphatic rings. The summed E-state index contributed by atoms with van der Waals surface area (Å²) >= 11 is 10.6. The van der Waals surface area contributed by atoms with Crippen molar-refractivity contribution in [2.24, 2.45) is 0 Å². The summed E-state index contributed by atoms with van der Waals surface area (Å²) in [7, 11) is -3.41. The molecule has 0 heterocycles. The molecule has 1 aromatic carbocycles. The number of carbonyl (C=O) groups is 1. The van der Waals surface area contributed by atoms with Gasteiger partial charge in [0.15, 0.2) is 9.84 Å². The number of sulfone groups is 1. The fourth-order valence-electron chi connectivity index (χ4n) is 1.03. The van der Waals surface area contributed by atoms with E-state index in [2.05, 4.69) is 0 Å². The first-order chi connectivity index (χ1) is 6.97. The lowest BCUT2D eigenvalue weighted by atomic mass is 10.2. The number of halogens is 2. The van der Waals surface area contributed by atoms with Crippen molar-refractivity contribution in [2.45, 2.75) is 4.90 Å². The summed E-state index contributed by atoms with van der Waals surface area (Å²) in [6.45, 7) is 0. The van der Waals surface area contributed by atoms with Crippen LogP contribution in [0.15, 0.2) is 29.2 Å². The Labute approximate surface area is 97.9 Å². The Kier molecular flexibility index (Phi) is 4.13. The van der Waals surface area contributed by atoms with E-state index < -0.39 is 15.1 Å². The molecule has 0 saturated carbocycles. The highest BCUT2D eigenvalue weighted by Gasteiger charge is 2.14. The first kappa shape index (κ1) is 12.5. The minimum atomic E-state index is -3.41. The van der Waals surface area contributed by atoms with Gasteiger partial charge in [0.2, 0.25) is 0 Å². The number of carbonyl (C=O) groups excluding carboxylic acids is 1. The van der Waals surface area contributed by atoms with Gasteiger partial charge in [-0.05, 0) is 23.7 Å². The standard InChI is InChI=1S/C9H8Cl2O3S/c10-4-5-15(13,14)8-3-1-2-7(6-8)9(11)12/h1-3,6H,4-5H2. The quantitative estimate of drug-likeness (QED) is 0.620. The molecule has 1 rings (SSSR count). The Balaban J connectivity index is 3.16. The molecule has 0 spiro atoms. The molecule has 0 fully saturated rings. The zero-order valence-electron chi connectivity index (χ0n) is 7.61. The zero-order chi connectivity index (χ0) is 11.5. The average molecular weight is 267 g/mol. The van der Waals surface area contributed by atoms with Crippen LogP contribution in [-0.4, -0.2) is 25.3 Å². The highest BCUT2D eigenvalue weighted by atomic mass is 35.5. The smallest absolute Gasteiger partial charge is 0.252 e. The van der Waals surface area contributed by atoms with E-state index in [-0.39, 0.29) is 22.1 Å². The van der Waals surface area contributed by atoms with E-state index in [1.807, 2.05) is 0 Å². The van der Waals surface area contributed by atoms with Gasteiger partial charge < -0.3 is 0 Å². The van der Waals surface area contributed by atoms with Crippen LogP contribution < -0.4 is 0 Å². The number of hydrogen-bond acceptors (Lipinski definition) is 3. The molecule has 0 saturated heterocycles. The van der Waals surface area contributed by atoms with Crippen molar-refractivity contribution in [1.82, 2.24) is 0 Å². The van der Waals surface area contributed by atoms with Crippen molar-refractivity contribution in [2.75, 3.05) is 11.6 Å². The number of rotatable bonds is 4. The molecule has 1 aromatic rings. The van der Waals surface area contributed by atoms with Crippen LogP contribution in [0.25, 0.3) is 0 Å². The largest absolute Gasteiger partial charge is 0.276 e. The average Bonchev–Trinajstić information content (AvgIpc) is 2.18. The van der Waals surface area contributed by atoms with Gasteiger partial charge in [-0.1, -0.05) is 12.1 Å². The Morgan fingerprint density at radius 3 is 2.53 bits per heavy atom. The third-order valence-electron chi connectivity index (χ3n) is 1.77. The Hall–Kier alpha value is -0.580. The van der Waals surface area contributed by atoms with E-state index in [0.717, 1.165) is 0 Å². The van der Waals surface area contributed by atoms with Gasteiger partial charge in [-0.3, -0.25) is 4.79 Å². The predicted molar refractivity (Wildman–Crippen MR) is 59.4 cm³/mol. The van der Waals surface area contributed by atoms with Gasteiger partial charge in [0.05, 0.1) is 10.6 Å². The Morgan fingerprint density at radius 2 is 2.00 bits per heavy atom. The first-order valence-electron chi connectivity index (χ1n) is 4.06. The second kappa shape index (κ2) is 4.96. The first-order valence-corrected chi connectivity index (χ1v) is 6.62. The second-order valence-electron chi connectivity index (χ2n) is 2.81. The van der Waals surface area contributed by atoms with E-state index in [9.17, 15) is 13.2 Å². The molecule has 82 valence electrons. The van der Waals surface area contributed by atoms with Crippen molar-refractivity contribution in [3.63, 3.8) is 0 Å². The van der Waals surface area contributed by atoms with Gasteiger partial charge in [0.1, 0.15) is 0 Å². The van der Waals surface area contributed by atoms with Gasteiger partial charge in [0, 0.05) is 11.4 Å². The third kappa shape index (κ3) is 3.19. The van der Waals surface area contributed by atoms with Crippen molar-refractivity contribution in [1.29, 1.82) is 0 Å². The summed E-state index contributed by atoms with van der Waals surface area (Å²) in [5.74, 6) is -0.143. The molecule has 0 aliphatic heterocycles. The lowest BCUT2D eigenvalue weighted by Gasteiger charge is -2.02. The summed E-state index contributed by atoms with van der Waals surface area (Å²) in [6, 6.07) is 5.58. The number of alkyl halides is 1. The van der Waals surface area contributed by atoms with Crippen molar-refractivity contribution in [3.8, 4) is 0 Å². The van der Waals surface area contributed by atoms with E-state index in [1.54, 1.807) is 0 Å². The third-order valence-corrected chi connectivity index (χ3v) is 4.11. The van der Waals surface area contributed by atoms with Gasteiger partial charge in [-0.15, -0.1) is 11.6 Å². The van der Waals surface area contributed by atoms with E-state index in [1.165, 1.54) is 24.3 Å². The van der Waals surface area contributed by atoms with Crippen LogP contribution in [0.5, 0.6) is 0 Å². The molecule has 0 atom stereocenters. The van der Waals surface area contributed by atoms with Crippen LogP contribution in [0, 0.1) is 0 Å². The molecule has 0 unspecified atom stereocenters. The topological polar surface area (TPSA) is 51.2 Å². The lowest BCUT2D eigenvalue weighted by Crippen LogP contribution is -2.08. The maximum absolute atomic E-state index is 11.6. The van der Waals surface area contributed by atoms with Gasteiger partial charge in [0.25, 0.3) is 5.24 Å². The predicted octanol–water partition coefficient (Wildman–Crippen LogP) is 2.08.